The summed E-state index contributed by atoms with van der Waals surface area (Å²) < 4.78 is 11.6. The summed E-state index contributed by atoms with van der Waals surface area (Å²) >= 11 is 0. The molecule has 0 spiro atoms. The zero-order valence-electron chi connectivity index (χ0n) is 11.3. The lowest BCUT2D eigenvalue weighted by atomic mass is 10.1. The molecule has 0 fully saturated rings. The van der Waals surface area contributed by atoms with Crippen molar-refractivity contribution in [3.63, 3.8) is 0 Å². The molecule has 0 bridgehead atoms. The number of ether oxygens (including phenoxy) is 2. The molecule has 1 N–H and O–H groups in total. The number of aliphatic hydroxyl groups is 1. The van der Waals surface area contributed by atoms with Crippen LogP contribution in [0.25, 0.3) is 0 Å². The predicted molar refractivity (Wildman–Crippen MR) is 65.3 cm³/mol. The fourth-order valence-corrected chi connectivity index (χ4v) is 1.91. The van der Waals surface area contributed by atoms with Crippen molar-refractivity contribution in [2.75, 3.05) is 13.7 Å². The molecule has 0 aliphatic carbocycles. The summed E-state index contributed by atoms with van der Waals surface area (Å²) in [6, 6.07) is 0. The highest BCUT2D eigenvalue weighted by Crippen LogP contribution is 2.30. The standard InChI is InChI=1S/C12H20N2O4/c1-5-18-10(16)7-6-9(15)11-8(2)13-14(3)12(11)17-4/h9,15H,5-7H2,1-4H3. The molecular formula is C12H20N2O4. The molecule has 0 aromatic carbocycles. The minimum absolute atomic E-state index is 0.173. The number of carbonyl (C=O) groups excluding carboxylic acids is 1. The zero-order chi connectivity index (χ0) is 13.7. The average Bonchev–Trinajstić information content (AvgIpc) is 2.60. The Hall–Kier alpha value is -1.56. The molecule has 1 aromatic rings. The van der Waals surface area contributed by atoms with Gasteiger partial charge in [0, 0.05) is 13.5 Å². The predicted octanol–water partition coefficient (Wildman–Crippen LogP) is 1.11. The SMILES string of the molecule is CCOC(=O)CCC(O)c1c(C)nn(C)c1OC. The van der Waals surface area contributed by atoms with Crippen LogP contribution in [-0.2, 0) is 16.6 Å². The van der Waals surface area contributed by atoms with Gasteiger partial charge in [0.05, 0.1) is 31.1 Å². The quantitative estimate of drug-likeness (QED) is 0.772. The van der Waals surface area contributed by atoms with Gasteiger partial charge in [-0.3, -0.25) is 4.79 Å². The number of aromatic nitrogens is 2. The van der Waals surface area contributed by atoms with Crippen LogP contribution in [-0.4, -0.2) is 34.6 Å². The summed E-state index contributed by atoms with van der Waals surface area (Å²) in [7, 11) is 3.27. The summed E-state index contributed by atoms with van der Waals surface area (Å²) in [4.78, 5) is 11.2. The van der Waals surface area contributed by atoms with Gasteiger partial charge in [-0.25, -0.2) is 4.68 Å². The van der Waals surface area contributed by atoms with E-state index in [-0.39, 0.29) is 12.4 Å². The Morgan fingerprint density at radius 2 is 2.22 bits per heavy atom. The number of esters is 1. The van der Waals surface area contributed by atoms with E-state index in [1.54, 1.807) is 25.6 Å². The van der Waals surface area contributed by atoms with Gasteiger partial charge >= 0.3 is 5.97 Å². The maximum atomic E-state index is 11.2. The maximum absolute atomic E-state index is 11.2. The average molecular weight is 256 g/mol. The maximum Gasteiger partial charge on any atom is 0.305 e. The van der Waals surface area contributed by atoms with Crippen molar-refractivity contribution in [1.29, 1.82) is 0 Å². The first kappa shape index (κ1) is 14.5. The Labute approximate surface area is 107 Å². The van der Waals surface area contributed by atoms with Crippen molar-refractivity contribution in [3.05, 3.63) is 11.3 Å². The normalized spacial score (nSPS) is 12.3. The van der Waals surface area contributed by atoms with Crippen LogP contribution in [0.4, 0.5) is 0 Å². The van der Waals surface area contributed by atoms with E-state index in [4.69, 9.17) is 9.47 Å². The minimum Gasteiger partial charge on any atom is -0.481 e. The number of nitrogens with zero attached hydrogens (tertiary/aromatic N) is 2. The summed E-state index contributed by atoms with van der Waals surface area (Å²) in [5, 5.41) is 14.3. The van der Waals surface area contributed by atoms with Crippen molar-refractivity contribution in [1.82, 2.24) is 9.78 Å². The van der Waals surface area contributed by atoms with Gasteiger partial charge in [0.25, 0.3) is 0 Å². The molecule has 102 valence electrons. The first-order valence-electron chi connectivity index (χ1n) is 5.92. The highest BCUT2D eigenvalue weighted by molar-refractivity contribution is 5.69. The van der Waals surface area contributed by atoms with Crippen LogP contribution in [0.2, 0.25) is 0 Å². The third-order valence-corrected chi connectivity index (χ3v) is 2.67. The van der Waals surface area contributed by atoms with Gasteiger partial charge in [0.15, 0.2) is 0 Å². The van der Waals surface area contributed by atoms with Crippen molar-refractivity contribution < 1.29 is 19.4 Å². The summed E-state index contributed by atoms with van der Waals surface area (Å²) in [5.74, 6) is 0.209. The molecule has 0 saturated carbocycles. The lowest BCUT2D eigenvalue weighted by Crippen LogP contribution is -2.08. The first-order valence-corrected chi connectivity index (χ1v) is 5.92. The third-order valence-electron chi connectivity index (χ3n) is 2.67. The van der Waals surface area contributed by atoms with Crippen LogP contribution < -0.4 is 4.74 Å². The second kappa shape index (κ2) is 6.39. The Morgan fingerprint density at radius 3 is 2.78 bits per heavy atom. The highest BCUT2D eigenvalue weighted by Gasteiger charge is 2.22. The van der Waals surface area contributed by atoms with E-state index >= 15 is 0 Å². The number of aryl methyl sites for hydroxylation is 2. The number of methoxy groups -OCH3 is 1. The number of hydrogen-bond donors (Lipinski definition) is 1. The lowest BCUT2D eigenvalue weighted by molar-refractivity contribution is -0.143. The molecule has 1 rings (SSSR count). The molecule has 0 aliphatic heterocycles. The largest absolute Gasteiger partial charge is 0.481 e. The zero-order valence-corrected chi connectivity index (χ0v) is 11.3. The minimum atomic E-state index is -0.780. The van der Waals surface area contributed by atoms with Gasteiger partial charge in [-0.2, -0.15) is 5.10 Å². The summed E-state index contributed by atoms with van der Waals surface area (Å²) in [6.07, 6.45) is -0.313. The van der Waals surface area contributed by atoms with E-state index in [9.17, 15) is 9.90 Å². The molecule has 0 saturated heterocycles. The number of aliphatic hydroxyl groups excluding tert-OH is 1. The Balaban J connectivity index is 2.72. The van der Waals surface area contributed by atoms with Crippen LogP contribution in [0, 0.1) is 6.92 Å². The van der Waals surface area contributed by atoms with Gasteiger partial charge in [-0.05, 0) is 20.3 Å². The third kappa shape index (κ3) is 3.22. The molecule has 6 heteroatoms. The number of hydrogen-bond acceptors (Lipinski definition) is 5. The van der Waals surface area contributed by atoms with Gasteiger partial charge in [0.2, 0.25) is 5.88 Å². The smallest absolute Gasteiger partial charge is 0.305 e. The van der Waals surface area contributed by atoms with Crippen LogP contribution in [0.5, 0.6) is 5.88 Å². The van der Waals surface area contributed by atoms with Gasteiger partial charge in [0.1, 0.15) is 0 Å². The first-order chi connectivity index (χ1) is 8.51. The fraction of sp³-hybridized carbons (Fsp3) is 0.667. The fourth-order valence-electron chi connectivity index (χ4n) is 1.91. The Morgan fingerprint density at radius 1 is 1.56 bits per heavy atom. The molecular weight excluding hydrogens is 236 g/mol. The summed E-state index contributed by atoms with van der Waals surface area (Å²) in [5.41, 5.74) is 1.33. The van der Waals surface area contributed by atoms with Crippen molar-refractivity contribution in [3.8, 4) is 5.88 Å². The molecule has 6 nitrogen and oxygen atoms in total. The van der Waals surface area contributed by atoms with Crippen molar-refractivity contribution in [2.24, 2.45) is 7.05 Å². The molecule has 18 heavy (non-hydrogen) atoms. The van der Waals surface area contributed by atoms with Gasteiger partial charge in [-0.15, -0.1) is 0 Å². The number of carbonyl (C=O) groups is 1. The molecule has 0 amide bonds. The molecule has 1 aromatic heterocycles. The highest BCUT2D eigenvalue weighted by atomic mass is 16.5. The molecule has 0 radical (unpaired) electrons. The van der Waals surface area contributed by atoms with E-state index in [0.29, 0.717) is 30.2 Å². The van der Waals surface area contributed by atoms with Crippen molar-refractivity contribution >= 4 is 5.97 Å². The van der Waals surface area contributed by atoms with Crippen LogP contribution in [0.1, 0.15) is 37.1 Å². The van der Waals surface area contributed by atoms with Gasteiger partial charge in [-0.1, -0.05) is 0 Å². The number of rotatable bonds is 6. The van der Waals surface area contributed by atoms with E-state index in [1.807, 2.05) is 0 Å². The van der Waals surface area contributed by atoms with E-state index < -0.39 is 6.10 Å². The molecule has 0 aliphatic rings. The van der Waals surface area contributed by atoms with Crippen LogP contribution in [0.3, 0.4) is 0 Å². The molecule has 1 heterocycles. The topological polar surface area (TPSA) is 73.6 Å². The summed E-state index contributed by atoms with van der Waals surface area (Å²) in [6.45, 7) is 3.90. The van der Waals surface area contributed by atoms with E-state index in [1.165, 1.54) is 7.11 Å². The Bertz CT molecular complexity index is 414. The second-order valence-corrected chi connectivity index (χ2v) is 3.99. The van der Waals surface area contributed by atoms with E-state index in [2.05, 4.69) is 5.10 Å². The molecule has 1 unspecified atom stereocenters. The lowest BCUT2D eigenvalue weighted by Gasteiger charge is -2.11. The van der Waals surface area contributed by atoms with Crippen LogP contribution in [0.15, 0.2) is 0 Å². The van der Waals surface area contributed by atoms with E-state index in [0.717, 1.165) is 0 Å². The second-order valence-electron chi connectivity index (χ2n) is 3.99. The van der Waals surface area contributed by atoms with Crippen molar-refractivity contribution in [2.45, 2.75) is 32.8 Å². The Kier molecular flexibility index (Phi) is 5.15. The monoisotopic (exact) mass is 256 g/mol. The van der Waals surface area contributed by atoms with Gasteiger partial charge < -0.3 is 14.6 Å². The molecule has 1 atom stereocenters. The van der Waals surface area contributed by atoms with Crippen LogP contribution >= 0.6 is 0 Å².